The van der Waals surface area contributed by atoms with E-state index in [0.29, 0.717) is 16.0 Å². The van der Waals surface area contributed by atoms with Crippen molar-refractivity contribution in [2.24, 2.45) is 0 Å². The number of amides is 1. The number of benzene rings is 1. The first-order chi connectivity index (χ1) is 16.9. The van der Waals surface area contributed by atoms with Crippen LogP contribution in [0.3, 0.4) is 0 Å². The molecule has 0 saturated heterocycles. The van der Waals surface area contributed by atoms with E-state index < -0.39 is 29.5 Å². The average molecular weight is 513 g/mol. The van der Waals surface area contributed by atoms with Gasteiger partial charge >= 0.3 is 12.3 Å². The maximum atomic E-state index is 13.9. The van der Waals surface area contributed by atoms with Crippen molar-refractivity contribution in [1.29, 1.82) is 5.26 Å². The second-order valence-corrected chi connectivity index (χ2v) is 10.5. The van der Waals surface area contributed by atoms with Crippen molar-refractivity contribution in [2.45, 2.75) is 51.6 Å². The molecule has 0 radical (unpaired) electrons. The fourth-order valence-electron chi connectivity index (χ4n) is 4.25. The Labute approximate surface area is 210 Å². The molecule has 1 aliphatic rings. The summed E-state index contributed by atoms with van der Waals surface area (Å²) in [6, 6.07) is 10.6. The zero-order valence-corrected chi connectivity index (χ0v) is 20.7. The molecule has 10 heteroatoms. The third-order valence-corrected chi connectivity index (χ3v) is 6.67. The topological polar surface area (TPSA) is 71.2 Å². The minimum Gasteiger partial charge on any atom is -0.444 e. The van der Waals surface area contributed by atoms with Crippen LogP contribution < -0.4 is 0 Å². The van der Waals surface area contributed by atoms with Crippen molar-refractivity contribution < 1.29 is 22.7 Å². The van der Waals surface area contributed by atoms with Gasteiger partial charge in [-0.15, -0.1) is 17.8 Å². The largest absolute Gasteiger partial charge is 0.444 e. The summed E-state index contributed by atoms with van der Waals surface area (Å²) in [6.45, 7) is 5.61. The quantitative estimate of drug-likeness (QED) is 0.403. The summed E-state index contributed by atoms with van der Waals surface area (Å²) < 4.78 is 48.5. The molecule has 0 aliphatic carbocycles. The highest BCUT2D eigenvalue weighted by molar-refractivity contribution is 7.12. The molecule has 4 rings (SSSR count). The summed E-state index contributed by atoms with van der Waals surface area (Å²) in [5.74, 6) is 1.83. The van der Waals surface area contributed by atoms with E-state index in [4.69, 9.17) is 11.2 Å². The predicted molar refractivity (Wildman–Crippen MR) is 129 cm³/mol. The lowest BCUT2D eigenvalue weighted by molar-refractivity contribution is -0.141. The summed E-state index contributed by atoms with van der Waals surface area (Å²) in [5, 5.41) is 13.2. The number of halogens is 3. The van der Waals surface area contributed by atoms with Crippen LogP contribution >= 0.6 is 11.3 Å². The Kier molecular flexibility index (Phi) is 6.59. The summed E-state index contributed by atoms with van der Waals surface area (Å²) in [5.41, 5.74) is -0.118. The van der Waals surface area contributed by atoms with Crippen LogP contribution in [0.2, 0.25) is 0 Å². The fourth-order valence-corrected chi connectivity index (χ4v) is 5.29. The van der Waals surface area contributed by atoms with Crippen LogP contribution in [0.5, 0.6) is 0 Å². The number of thiophene rings is 1. The van der Waals surface area contributed by atoms with Crippen molar-refractivity contribution in [1.82, 2.24) is 14.7 Å². The number of ether oxygens (including phenoxy) is 1. The number of nitriles is 1. The van der Waals surface area contributed by atoms with E-state index in [-0.39, 0.29) is 25.2 Å². The van der Waals surface area contributed by atoms with Crippen LogP contribution in [0.15, 0.2) is 36.5 Å². The number of nitrogens with zero attached hydrogens (tertiary/aromatic N) is 4. The smallest absolute Gasteiger partial charge is 0.435 e. The van der Waals surface area contributed by atoms with Gasteiger partial charge in [0.25, 0.3) is 0 Å². The van der Waals surface area contributed by atoms with E-state index in [1.807, 2.05) is 0 Å². The van der Waals surface area contributed by atoms with Gasteiger partial charge in [0.1, 0.15) is 23.1 Å². The number of alkyl halides is 3. The van der Waals surface area contributed by atoms with Gasteiger partial charge in [0.2, 0.25) is 0 Å². The minimum absolute atomic E-state index is 0.0972. The lowest BCUT2D eigenvalue weighted by atomic mass is 9.84. The van der Waals surface area contributed by atoms with Crippen LogP contribution in [0.1, 0.15) is 53.3 Å². The number of rotatable bonds is 3. The number of hydrogen-bond acceptors (Lipinski definition) is 5. The molecular formula is C26H23F3N4O2S. The van der Waals surface area contributed by atoms with Crippen molar-refractivity contribution in [3.05, 3.63) is 63.1 Å². The minimum atomic E-state index is -4.70. The van der Waals surface area contributed by atoms with Gasteiger partial charge in [0.05, 0.1) is 6.54 Å². The van der Waals surface area contributed by atoms with Gasteiger partial charge in [-0.2, -0.15) is 23.5 Å². The number of carbonyl (C=O) groups excluding carboxylic acids is 1. The third-order valence-electron chi connectivity index (χ3n) is 5.63. The fraction of sp³-hybridized carbons (Fsp3) is 0.346. The molecule has 1 aromatic carbocycles. The number of carbonyl (C=O) groups is 1. The normalized spacial score (nSPS) is 15.7. The molecule has 0 unspecified atom stereocenters. The SMILES string of the molecule is C#CCn1cc(-c2ccccc2[C@@H]2CN(C(=O)OC(C)(C)C)Cc3sc(C#N)cc32)c(C(F)(F)F)n1. The van der Waals surface area contributed by atoms with Crippen LogP contribution in [-0.4, -0.2) is 32.9 Å². The highest BCUT2D eigenvalue weighted by Crippen LogP contribution is 2.44. The Morgan fingerprint density at radius 2 is 1.97 bits per heavy atom. The standard InChI is InChI=1S/C26H23F3N4O2S/c1-5-10-33-14-21(23(31-33)26(27,28)29)18-9-7-6-8-17(18)20-13-32(24(34)35-25(2,3)4)15-22-19(20)11-16(12-30)36-22/h1,6-9,11,14,20H,10,13,15H2,2-4H3/t20-/m0/s1. The third kappa shape index (κ3) is 5.09. The molecule has 1 aliphatic heterocycles. The molecule has 6 nitrogen and oxygen atoms in total. The monoisotopic (exact) mass is 512 g/mol. The van der Waals surface area contributed by atoms with Gasteiger partial charge in [-0.25, -0.2) is 4.79 Å². The Morgan fingerprint density at radius 3 is 2.61 bits per heavy atom. The lowest BCUT2D eigenvalue weighted by Gasteiger charge is -2.35. The summed E-state index contributed by atoms with van der Waals surface area (Å²) in [7, 11) is 0. The first-order valence-corrected chi connectivity index (χ1v) is 11.9. The van der Waals surface area contributed by atoms with E-state index in [1.54, 1.807) is 51.1 Å². The Hall–Kier alpha value is -3.76. The predicted octanol–water partition coefficient (Wildman–Crippen LogP) is 6.02. The lowest BCUT2D eigenvalue weighted by Crippen LogP contribution is -2.41. The number of terminal acetylenes is 1. The summed E-state index contributed by atoms with van der Waals surface area (Å²) in [4.78, 5) is 15.7. The van der Waals surface area contributed by atoms with Crippen LogP contribution in [0.25, 0.3) is 11.1 Å². The van der Waals surface area contributed by atoms with Crippen LogP contribution in [0, 0.1) is 23.7 Å². The second-order valence-electron chi connectivity index (χ2n) is 9.39. The van der Waals surface area contributed by atoms with Gasteiger partial charge in [-0.3, -0.25) is 4.68 Å². The van der Waals surface area contributed by atoms with E-state index in [9.17, 15) is 23.2 Å². The Balaban J connectivity index is 1.85. The highest BCUT2D eigenvalue weighted by Gasteiger charge is 2.39. The summed E-state index contributed by atoms with van der Waals surface area (Å²) >= 11 is 1.26. The summed E-state index contributed by atoms with van der Waals surface area (Å²) in [6.07, 6.45) is 1.38. The molecular weight excluding hydrogens is 489 g/mol. The molecule has 0 spiro atoms. The van der Waals surface area contributed by atoms with Gasteiger partial charge in [-0.05, 0) is 43.5 Å². The molecule has 0 fully saturated rings. The average Bonchev–Trinajstić information content (AvgIpc) is 3.41. The first kappa shape index (κ1) is 25.3. The van der Waals surface area contributed by atoms with Gasteiger partial charge in [0.15, 0.2) is 5.69 Å². The Bertz CT molecular complexity index is 1390. The van der Waals surface area contributed by atoms with Crippen molar-refractivity contribution in [3.8, 4) is 29.5 Å². The number of fused-ring (bicyclic) bond motifs is 1. The van der Waals surface area contributed by atoms with Crippen molar-refractivity contribution in [3.63, 3.8) is 0 Å². The molecule has 0 bridgehead atoms. The number of hydrogen-bond donors (Lipinski definition) is 0. The maximum absolute atomic E-state index is 13.9. The van der Waals surface area contributed by atoms with Crippen molar-refractivity contribution in [2.75, 3.05) is 6.54 Å². The first-order valence-electron chi connectivity index (χ1n) is 11.1. The van der Waals surface area contributed by atoms with Gasteiger partial charge in [0, 0.05) is 29.1 Å². The van der Waals surface area contributed by atoms with E-state index in [0.717, 1.165) is 15.1 Å². The zero-order chi connectivity index (χ0) is 26.3. The molecule has 0 N–H and O–H groups in total. The molecule has 36 heavy (non-hydrogen) atoms. The van der Waals surface area contributed by atoms with E-state index >= 15 is 0 Å². The van der Waals surface area contributed by atoms with Crippen LogP contribution in [0.4, 0.5) is 18.0 Å². The molecule has 3 heterocycles. The van der Waals surface area contributed by atoms with Crippen molar-refractivity contribution >= 4 is 17.4 Å². The molecule has 1 amide bonds. The van der Waals surface area contributed by atoms with E-state index in [1.165, 1.54) is 22.4 Å². The molecule has 186 valence electrons. The van der Waals surface area contributed by atoms with Gasteiger partial charge < -0.3 is 9.64 Å². The van der Waals surface area contributed by atoms with Gasteiger partial charge in [-0.1, -0.05) is 30.2 Å². The Morgan fingerprint density at radius 1 is 1.25 bits per heavy atom. The highest BCUT2D eigenvalue weighted by atomic mass is 32.1. The molecule has 2 aromatic heterocycles. The molecule has 3 aromatic rings. The second kappa shape index (κ2) is 9.36. The van der Waals surface area contributed by atoms with E-state index in [2.05, 4.69) is 17.1 Å². The zero-order valence-electron chi connectivity index (χ0n) is 19.9. The molecule has 1 atom stereocenters. The molecule has 0 saturated carbocycles. The maximum Gasteiger partial charge on any atom is 0.435 e. The number of aromatic nitrogens is 2. The van der Waals surface area contributed by atoms with Crippen LogP contribution in [-0.2, 0) is 24.0 Å².